The summed E-state index contributed by atoms with van der Waals surface area (Å²) in [7, 11) is 0. The lowest BCUT2D eigenvalue weighted by Crippen LogP contribution is -2.05. The molecule has 3 nitrogen and oxygen atoms in total. The Balaban J connectivity index is 2.54. The SMILES string of the molecule is CC(N)c1ccc(F)c(-c2cccc(C(=O)O)c2)c1. The Bertz CT molecular complexity index is 623. The molecule has 4 heteroatoms. The van der Waals surface area contributed by atoms with Crippen molar-refractivity contribution in [2.24, 2.45) is 5.73 Å². The van der Waals surface area contributed by atoms with Crippen molar-refractivity contribution in [1.29, 1.82) is 0 Å². The largest absolute Gasteiger partial charge is 0.478 e. The molecule has 0 spiro atoms. The minimum Gasteiger partial charge on any atom is -0.478 e. The number of carbonyl (C=O) groups is 1. The van der Waals surface area contributed by atoms with Gasteiger partial charge in [-0.1, -0.05) is 18.2 Å². The van der Waals surface area contributed by atoms with Crippen molar-refractivity contribution >= 4 is 5.97 Å². The molecule has 3 N–H and O–H groups in total. The van der Waals surface area contributed by atoms with Gasteiger partial charge in [-0.15, -0.1) is 0 Å². The molecule has 0 aromatic heterocycles. The second-order valence-corrected chi connectivity index (χ2v) is 4.41. The van der Waals surface area contributed by atoms with Crippen LogP contribution in [0, 0.1) is 5.82 Å². The number of rotatable bonds is 3. The van der Waals surface area contributed by atoms with Crippen LogP contribution in [0.1, 0.15) is 28.9 Å². The molecule has 0 heterocycles. The van der Waals surface area contributed by atoms with Crippen LogP contribution in [-0.2, 0) is 0 Å². The van der Waals surface area contributed by atoms with E-state index < -0.39 is 11.8 Å². The lowest BCUT2D eigenvalue weighted by molar-refractivity contribution is 0.0697. The first-order chi connectivity index (χ1) is 8.99. The number of hydrogen-bond donors (Lipinski definition) is 2. The van der Waals surface area contributed by atoms with Gasteiger partial charge < -0.3 is 10.8 Å². The summed E-state index contributed by atoms with van der Waals surface area (Å²) in [4.78, 5) is 10.9. The maximum Gasteiger partial charge on any atom is 0.335 e. The molecule has 0 aliphatic heterocycles. The second-order valence-electron chi connectivity index (χ2n) is 4.41. The summed E-state index contributed by atoms with van der Waals surface area (Å²) in [5.74, 6) is -1.43. The minimum atomic E-state index is -1.04. The van der Waals surface area contributed by atoms with Gasteiger partial charge in [0, 0.05) is 11.6 Å². The molecule has 0 fully saturated rings. The maximum atomic E-state index is 13.9. The van der Waals surface area contributed by atoms with Crippen LogP contribution in [0.15, 0.2) is 42.5 Å². The minimum absolute atomic E-state index is 0.128. The van der Waals surface area contributed by atoms with Gasteiger partial charge in [0.15, 0.2) is 0 Å². The predicted molar refractivity (Wildman–Crippen MR) is 71.4 cm³/mol. The van der Waals surface area contributed by atoms with Crippen molar-refractivity contribution in [3.8, 4) is 11.1 Å². The molecule has 0 amide bonds. The summed E-state index contributed by atoms with van der Waals surface area (Å²) in [6.45, 7) is 1.81. The monoisotopic (exact) mass is 259 g/mol. The summed E-state index contributed by atoms with van der Waals surface area (Å²) in [5.41, 5.74) is 7.59. The van der Waals surface area contributed by atoms with Gasteiger partial charge in [-0.3, -0.25) is 0 Å². The van der Waals surface area contributed by atoms with E-state index in [1.165, 1.54) is 18.2 Å². The van der Waals surface area contributed by atoms with Crippen LogP contribution < -0.4 is 5.73 Å². The third-order valence-electron chi connectivity index (χ3n) is 2.94. The second kappa shape index (κ2) is 5.20. The molecule has 1 unspecified atom stereocenters. The molecule has 19 heavy (non-hydrogen) atoms. The van der Waals surface area contributed by atoms with E-state index in [-0.39, 0.29) is 11.6 Å². The summed E-state index contributed by atoms with van der Waals surface area (Å²) < 4.78 is 13.9. The van der Waals surface area contributed by atoms with Gasteiger partial charge in [0.05, 0.1) is 5.56 Å². The first kappa shape index (κ1) is 13.2. The highest BCUT2D eigenvalue weighted by Crippen LogP contribution is 2.26. The summed E-state index contributed by atoms with van der Waals surface area (Å²) >= 11 is 0. The van der Waals surface area contributed by atoms with E-state index in [1.807, 2.05) is 6.92 Å². The highest BCUT2D eigenvalue weighted by atomic mass is 19.1. The van der Waals surface area contributed by atoms with Gasteiger partial charge in [-0.2, -0.15) is 0 Å². The molecule has 0 aliphatic carbocycles. The van der Waals surface area contributed by atoms with E-state index in [4.69, 9.17) is 10.8 Å². The predicted octanol–water partition coefficient (Wildman–Crippen LogP) is 3.21. The average Bonchev–Trinajstić information content (AvgIpc) is 2.39. The van der Waals surface area contributed by atoms with Crippen molar-refractivity contribution < 1.29 is 14.3 Å². The van der Waals surface area contributed by atoms with Crippen molar-refractivity contribution in [3.05, 3.63) is 59.4 Å². The summed E-state index contributed by atoms with van der Waals surface area (Å²) in [5, 5.41) is 8.95. The van der Waals surface area contributed by atoms with Crippen molar-refractivity contribution in [2.75, 3.05) is 0 Å². The number of carboxylic acid groups (broad SMARTS) is 1. The van der Waals surface area contributed by atoms with E-state index in [0.717, 1.165) is 5.56 Å². The van der Waals surface area contributed by atoms with Gasteiger partial charge in [-0.05, 0) is 42.3 Å². The topological polar surface area (TPSA) is 63.3 Å². The van der Waals surface area contributed by atoms with Gasteiger partial charge in [-0.25, -0.2) is 9.18 Å². The molecule has 0 bridgehead atoms. The summed E-state index contributed by atoms with van der Waals surface area (Å²) in [6, 6.07) is 10.6. The van der Waals surface area contributed by atoms with Gasteiger partial charge in [0.1, 0.15) is 5.82 Å². The van der Waals surface area contributed by atoms with E-state index in [1.54, 1.807) is 24.3 Å². The first-order valence-electron chi connectivity index (χ1n) is 5.88. The van der Waals surface area contributed by atoms with Gasteiger partial charge in [0.25, 0.3) is 0 Å². The van der Waals surface area contributed by atoms with Crippen LogP contribution in [0.3, 0.4) is 0 Å². The van der Waals surface area contributed by atoms with Crippen molar-refractivity contribution in [3.63, 3.8) is 0 Å². The van der Waals surface area contributed by atoms with Crippen molar-refractivity contribution in [2.45, 2.75) is 13.0 Å². The molecule has 2 aromatic rings. The lowest BCUT2D eigenvalue weighted by Gasteiger charge is -2.10. The zero-order valence-corrected chi connectivity index (χ0v) is 10.4. The number of nitrogens with two attached hydrogens (primary N) is 1. The normalized spacial score (nSPS) is 12.2. The quantitative estimate of drug-likeness (QED) is 0.889. The van der Waals surface area contributed by atoms with Gasteiger partial charge in [0.2, 0.25) is 0 Å². The zero-order valence-electron chi connectivity index (χ0n) is 10.4. The highest BCUT2D eigenvalue weighted by Gasteiger charge is 2.10. The Kier molecular flexibility index (Phi) is 3.62. The molecule has 0 saturated carbocycles. The smallest absolute Gasteiger partial charge is 0.335 e. The van der Waals surface area contributed by atoms with Crippen LogP contribution in [0.5, 0.6) is 0 Å². The Morgan fingerprint density at radius 1 is 1.26 bits per heavy atom. The fraction of sp³-hybridized carbons (Fsp3) is 0.133. The Morgan fingerprint density at radius 3 is 2.63 bits per heavy atom. The third kappa shape index (κ3) is 2.80. The number of aromatic carboxylic acids is 1. The number of halogens is 1. The number of benzene rings is 2. The fourth-order valence-corrected chi connectivity index (χ4v) is 1.87. The molecule has 0 radical (unpaired) electrons. The Morgan fingerprint density at radius 2 is 2.00 bits per heavy atom. The van der Waals surface area contributed by atoms with Gasteiger partial charge >= 0.3 is 5.97 Å². The highest BCUT2D eigenvalue weighted by molar-refractivity contribution is 5.89. The molecule has 2 rings (SSSR count). The standard InChI is InChI=1S/C15H14FNO2/c1-9(17)10-5-6-14(16)13(8-10)11-3-2-4-12(7-11)15(18)19/h2-9H,17H2,1H3,(H,18,19). The van der Waals surface area contributed by atoms with E-state index in [9.17, 15) is 9.18 Å². The number of carboxylic acids is 1. The molecule has 0 aliphatic rings. The van der Waals surface area contributed by atoms with E-state index >= 15 is 0 Å². The molecule has 2 aromatic carbocycles. The summed E-state index contributed by atoms with van der Waals surface area (Å²) in [6.07, 6.45) is 0. The molecule has 0 saturated heterocycles. The average molecular weight is 259 g/mol. The van der Waals surface area contributed by atoms with Crippen LogP contribution in [-0.4, -0.2) is 11.1 Å². The van der Waals surface area contributed by atoms with Crippen molar-refractivity contribution in [1.82, 2.24) is 0 Å². The Hall–Kier alpha value is -2.20. The molecular formula is C15H14FNO2. The zero-order chi connectivity index (χ0) is 14.0. The first-order valence-corrected chi connectivity index (χ1v) is 5.88. The maximum absolute atomic E-state index is 13.9. The molecule has 1 atom stereocenters. The van der Waals surface area contributed by atoms with E-state index in [2.05, 4.69) is 0 Å². The molecular weight excluding hydrogens is 245 g/mol. The molecule has 98 valence electrons. The fourth-order valence-electron chi connectivity index (χ4n) is 1.87. The van der Waals surface area contributed by atoms with Crippen LogP contribution in [0.4, 0.5) is 4.39 Å². The van der Waals surface area contributed by atoms with Crippen LogP contribution in [0.25, 0.3) is 11.1 Å². The van der Waals surface area contributed by atoms with E-state index in [0.29, 0.717) is 11.1 Å². The number of hydrogen-bond acceptors (Lipinski definition) is 2. The van der Waals surface area contributed by atoms with Crippen LogP contribution in [0.2, 0.25) is 0 Å². The Labute approximate surface area is 110 Å². The van der Waals surface area contributed by atoms with Crippen LogP contribution >= 0.6 is 0 Å². The third-order valence-corrected chi connectivity index (χ3v) is 2.94. The lowest BCUT2D eigenvalue weighted by atomic mass is 9.98.